The Morgan fingerprint density at radius 1 is 0.833 bits per heavy atom. The molecule has 13 heteroatoms. The number of carbonyl (C=O) groups excluding carboxylic acids is 3. The lowest BCUT2D eigenvalue weighted by Gasteiger charge is -2.13. The Labute approximate surface area is 239 Å². The van der Waals surface area contributed by atoms with Crippen LogP contribution in [0.15, 0.2) is 71.8 Å². The minimum atomic E-state index is -4.54. The van der Waals surface area contributed by atoms with Crippen molar-refractivity contribution in [1.29, 1.82) is 0 Å². The van der Waals surface area contributed by atoms with E-state index in [2.05, 4.69) is 21.2 Å². The largest absolute Gasteiger partial charge is 0.494 e. The van der Waals surface area contributed by atoms with E-state index >= 15 is 0 Å². The van der Waals surface area contributed by atoms with Crippen molar-refractivity contribution in [2.45, 2.75) is 26.4 Å². The van der Waals surface area contributed by atoms with Crippen molar-refractivity contribution in [3.63, 3.8) is 0 Å². The maximum absolute atomic E-state index is 12.9. The van der Waals surface area contributed by atoms with Crippen molar-refractivity contribution < 1.29 is 41.8 Å². The minimum Gasteiger partial charge on any atom is -0.494 e. The van der Waals surface area contributed by atoms with Gasteiger partial charge in [0.15, 0.2) is 18.1 Å². The van der Waals surface area contributed by atoms with Crippen LogP contribution in [0.5, 0.6) is 17.2 Å². The summed E-state index contributed by atoms with van der Waals surface area (Å²) in [4.78, 5) is 36.5. The van der Waals surface area contributed by atoms with Crippen LogP contribution >= 0.6 is 0 Å². The zero-order valence-corrected chi connectivity index (χ0v) is 22.8. The van der Waals surface area contributed by atoms with Gasteiger partial charge in [0.05, 0.1) is 25.0 Å². The van der Waals surface area contributed by atoms with Gasteiger partial charge in [-0.15, -0.1) is 0 Å². The van der Waals surface area contributed by atoms with Gasteiger partial charge in [0, 0.05) is 11.4 Å². The molecule has 3 N–H and O–H groups in total. The van der Waals surface area contributed by atoms with Crippen molar-refractivity contribution in [1.82, 2.24) is 5.43 Å². The van der Waals surface area contributed by atoms with Gasteiger partial charge in [-0.05, 0) is 79.6 Å². The monoisotopic (exact) mass is 586 g/mol. The molecule has 3 amide bonds. The molecule has 0 bridgehead atoms. The molecule has 0 aliphatic heterocycles. The molecule has 0 unspecified atom stereocenters. The molecule has 222 valence electrons. The van der Waals surface area contributed by atoms with Crippen LogP contribution in [0.1, 0.15) is 31.4 Å². The number of halogens is 3. The molecule has 0 radical (unpaired) electrons. The molecule has 3 rings (SSSR count). The van der Waals surface area contributed by atoms with E-state index in [4.69, 9.17) is 14.2 Å². The topological polar surface area (TPSA) is 127 Å². The second-order valence-corrected chi connectivity index (χ2v) is 8.58. The predicted octanol–water partition coefficient (Wildman–Crippen LogP) is 5.00. The average Bonchev–Trinajstić information content (AvgIpc) is 2.96. The molecule has 3 aromatic carbocycles. The number of ether oxygens (including phenoxy) is 3. The summed E-state index contributed by atoms with van der Waals surface area (Å²) in [6, 6.07) is 15.4. The number of carbonyl (C=O) groups is 3. The standard InChI is InChI=1S/C29H29F3N4O6/c1-3-14-41-23-11-9-21(10-12-23)35-27(38)28(39)36-33-17-19-8-13-24(25(15-19)40-4-2)42-18-26(37)34-22-7-5-6-20(16-22)29(30,31)32/h5-13,15-17H,3-4,14,18H2,1-2H3,(H,34,37)(H,35,38)(H,36,39)/b33-17-. The van der Waals surface area contributed by atoms with Gasteiger partial charge in [0.2, 0.25) is 0 Å². The molecule has 42 heavy (non-hydrogen) atoms. The van der Waals surface area contributed by atoms with Gasteiger partial charge in [0.1, 0.15) is 5.75 Å². The highest BCUT2D eigenvalue weighted by atomic mass is 19.4. The summed E-state index contributed by atoms with van der Waals surface area (Å²) in [7, 11) is 0. The van der Waals surface area contributed by atoms with Crippen molar-refractivity contribution in [2.75, 3.05) is 30.5 Å². The predicted molar refractivity (Wildman–Crippen MR) is 150 cm³/mol. The first-order valence-electron chi connectivity index (χ1n) is 12.8. The van der Waals surface area contributed by atoms with Crippen molar-refractivity contribution >= 4 is 35.3 Å². The third-order valence-electron chi connectivity index (χ3n) is 5.27. The highest BCUT2D eigenvalue weighted by Gasteiger charge is 2.30. The molecule has 0 spiro atoms. The smallest absolute Gasteiger partial charge is 0.416 e. The number of alkyl halides is 3. The van der Waals surface area contributed by atoms with Crippen LogP contribution in [0.3, 0.4) is 0 Å². The molecule has 0 heterocycles. The van der Waals surface area contributed by atoms with E-state index in [1.165, 1.54) is 30.5 Å². The third-order valence-corrected chi connectivity index (χ3v) is 5.27. The number of amides is 3. The summed E-state index contributed by atoms with van der Waals surface area (Å²) in [6.45, 7) is 4.05. The summed E-state index contributed by atoms with van der Waals surface area (Å²) < 4.78 is 55.2. The molecule has 10 nitrogen and oxygen atoms in total. The number of rotatable bonds is 12. The van der Waals surface area contributed by atoms with Gasteiger partial charge in [-0.25, -0.2) is 5.43 Å². The number of nitrogens with zero attached hydrogens (tertiary/aromatic N) is 1. The number of hydrazone groups is 1. The molecule has 0 aliphatic carbocycles. The van der Waals surface area contributed by atoms with E-state index in [1.54, 1.807) is 37.3 Å². The van der Waals surface area contributed by atoms with Crippen LogP contribution in [0.2, 0.25) is 0 Å². The van der Waals surface area contributed by atoms with Crippen LogP contribution < -0.4 is 30.3 Å². The molecule has 0 fully saturated rings. The van der Waals surface area contributed by atoms with Crippen molar-refractivity contribution in [3.8, 4) is 17.2 Å². The number of anilines is 2. The molecular formula is C29H29F3N4O6. The van der Waals surface area contributed by atoms with Crippen LogP contribution in [0.25, 0.3) is 0 Å². The fraction of sp³-hybridized carbons (Fsp3) is 0.241. The van der Waals surface area contributed by atoms with Gasteiger partial charge >= 0.3 is 18.0 Å². The number of benzene rings is 3. The molecular weight excluding hydrogens is 557 g/mol. The van der Waals surface area contributed by atoms with Crippen molar-refractivity contribution in [2.24, 2.45) is 5.10 Å². The van der Waals surface area contributed by atoms with E-state index in [9.17, 15) is 27.6 Å². The molecule has 0 atom stereocenters. The third kappa shape index (κ3) is 9.84. The Kier molecular flexibility index (Phi) is 11.3. The summed E-state index contributed by atoms with van der Waals surface area (Å²) in [5.41, 5.74) is 2.09. The van der Waals surface area contributed by atoms with E-state index in [1.807, 2.05) is 6.92 Å². The van der Waals surface area contributed by atoms with Crippen LogP contribution in [-0.2, 0) is 20.6 Å². The van der Waals surface area contributed by atoms with Gasteiger partial charge in [0.25, 0.3) is 5.91 Å². The number of hydrogen-bond acceptors (Lipinski definition) is 7. The Balaban J connectivity index is 1.53. The quantitative estimate of drug-likeness (QED) is 0.156. The van der Waals surface area contributed by atoms with Crippen LogP contribution in [0, 0.1) is 0 Å². The SMILES string of the molecule is CCCOc1ccc(NC(=O)C(=O)N/N=C\c2ccc(OCC(=O)Nc3cccc(C(F)(F)F)c3)c(OCC)c2)cc1. The second kappa shape index (κ2) is 15.1. The summed E-state index contributed by atoms with van der Waals surface area (Å²) >= 11 is 0. The maximum Gasteiger partial charge on any atom is 0.416 e. The second-order valence-electron chi connectivity index (χ2n) is 8.58. The Morgan fingerprint density at radius 3 is 2.29 bits per heavy atom. The first-order valence-corrected chi connectivity index (χ1v) is 12.8. The lowest BCUT2D eigenvalue weighted by molar-refractivity contribution is -0.137. The molecule has 3 aromatic rings. The van der Waals surface area contributed by atoms with E-state index in [0.717, 1.165) is 18.6 Å². The van der Waals surface area contributed by atoms with Gasteiger partial charge < -0.3 is 24.8 Å². The zero-order valence-electron chi connectivity index (χ0n) is 22.8. The number of nitrogens with one attached hydrogen (secondary N) is 3. The number of hydrogen-bond donors (Lipinski definition) is 3. The molecule has 0 aromatic heterocycles. The van der Waals surface area contributed by atoms with Gasteiger partial charge in [-0.1, -0.05) is 13.0 Å². The summed E-state index contributed by atoms with van der Waals surface area (Å²) in [6.07, 6.45) is -2.41. The average molecular weight is 587 g/mol. The molecule has 0 saturated carbocycles. The fourth-order valence-electron chi connectivity index (χ4n) is 3.36. The van der Waals surface area contributed by atoms with Crippen LogP contribution in [-0.4, -0.2) is 43.8 Å². The highest BCUT2D eigenvalue weighted by molar-refractivity contribution is 6.39. The van der Waals surface area contributed by atoms with E-state index < -0.39 is 36.1 Å². The normalized spacial score (nSPS) is 11.1. The Hall–Kier alpha value is -5.07. The van der Waals surface area contributed by atoms with Crippen molar-refractivity contribution in [3.05, 3.63) is 77.9 Å². The zero-order chi connectivity index (χ0) is 30.5. The summed E-state index contributed by atoms with van der Waals surface area (Å²) in [5.74, 6) is -1.49. The van der Waals surface area contributed by atoms with E-state index in [0.29, 0.717) is 23.6 Å². The maximum atomic E-state index is 12.9. The van der Waals surface area contributed by atoms with Gasteiger partial charge in [-0.3, -0.25) is 14.4 Å². The first kappa shape index (κ1) is 31.5. The fourth-order valence-corrected chi connectivity index (χ4v) is 3.36. The first-order chi connectivity index (χ1) is 20.1. The minimum absolute atomic E-state index is 0.0272. The molecule has 0 aliphatic rings. The lowest BCUT2D eigenvalue weighted by Crippen LogP contribution is -2.32. The Morgan fingerprint density at radius 2 is 1.60 bits per heavy atom. The molecule has 0 saturated heterocycles. The lowest BCUT2D eigenvalue weighted by atomic mass is 10.2. The van der Waals surface area contributed by atoms with Gasteiger partial charge in [-0.2, -0.15) is 18.3 Å². The highest BCUT2D eigenvalue weighted by Crippen LogP contribution is 2.31. The van der Waals surface area contributed by atoms with Crippen LogP contribution in [0.4, 0.5) is 24.5 Å². The van der Waals surface area contributed by atoms with E-state index in [-0.39, 0.29) is 23.8 Å². The Bertz CT molecular complexity index is 1410. The summed E-state index contributed by atoms with van der Waals surface area (Å²) in [5, 5.41) is 8.59.